The number of hydrogen-bond donors (Lipinski definition) is 2. The summed E-state index contributed by atoms with van der Waals surface area (Å²) in [7, 11) is 3.19. The van der Waals surface area contributed by atoms with E-state index in [2.05, 4.69) is 10.6 Å². The van der Waals surface area contributed by atoms with Crippen molar-refractivity contribution in [2.75, 3.05) is 20.8 Å². The maximum atomic E-state index is 12.8. The van der Waals surface area contributed by atoms with Crippen LogP contribution in [-0.4, -0.2) is 32.6 Å². The first-order valence-corrected chi connectivity index (χ1v) is 10.6. The van der Waals surface area contributed by atoms with Gasteiger partial charge in [0.15, 0.2) is 11.5 Å². The van der Waals surface area contributed by atoms with Crippen LogP contribution in [-0.2, 0) is 11.2 Å². The maximum absolute atomic E-state index is 12.8. The minimum absolute atomic E-state index is 0.113. The second-order valence-corrected chi connectivity index (χ2v) is 7.45. The van der Waals surface area contributed by atoms with Gasteiger partial charge < -0.3 is 24.5 Å². The van der Waals surface area contributed by atoms with Crippen molar-refractivity contribution >= 4 is 17.9 Å². The van der Waals surface area contributed by atoms with Crippen LogP contribution in [0.4, 0.5) is 0 Å². The normalized spacial score (nSPS) is 11.1. The molecule has 0 saturated carbocycles. The Balaban J connectivity index is 1.61. The Morgan fingerprint density at radius 2 is 1.82 bits per heavy atom. The van der Waals surface area contributed by atoms with Crippen molar-refractivity contribution in [3.63, 3.8) is 0 Å². The first kappa shape index (κ1) is 23.7. The minimum Gasteiger partial charge on any atom is -0.493 e. The molecule has 0 bridgehead atoms. The Hall–Kier alpha value is -4.00. The molecule has 2 amide bonds. The molecule has 3 aromatic rings. The van der Waals surface area contributed by atoms with Gasteiger partial charge in [0.05, 0.1) is 20.5 Å². The van der Waals surface area contributed by atoms with Crippen LogP contribution in [0.1, 0.15) is 33.7 Å². The van der Waals surface area contributed by atoms with Gasteiger partial charge in [-0.1, -0.05) is 23.8 Å². The number of aryl methyl sites for hydroxylation is 2. The number of benzene rings is 2. The van der Waals surface area contributed by atoms with E-state index >= 15 is 0 Å². The van der Waals surface area contributed by atoms with Crippen molar-refractivity contribution in [2.24, 2.45) is 0 Å². The molecule has 0 radical (unpaired) electrons. The van der Waals surface area contributed by atoms with Crippen molar-refractivity contribution in [1.29, 1.82) is 0 Å². The van der Waals surface area contributed by atoms with E-state index in [1.54, 1.807) is 44.6 Å². The van der Waals surface area contributed by atoms with Crippen LogP contribution in [0.25, 0.3) is 6.08 Å². The molecule has 0 aliphatic carbocycles. The van der Waals surface area contributed by atoms with Crippen molar-refractivity contribution < 1.29 is 23.5 Å². The molecule has 2 aromatic carbocycles. The summed E-state index contributed by atoms with van der Waals surface area (Å²) >= 11 is 0. The van der Waals surface area contributed by atoms with Gasteiger partial charge in [-0.05, 0) is 61.7 Å². The molecular weight excluding hydrogens is 420 g/mol. The zero-order valence-corrected chi connectivity index (χ0v) is 19.0. The van der Waals surface area contributed by atoms with Crippen LogP contribution in [0.15, 0.2) is 71.0 Å². The van der Waals surface area contributed by atoms with Gasteiger partial charge in [-0.15, -0.1) is 0 Å². The van der Waals surface area contributed by atoms with Crippen LogP contribution >= 0.6 is 0 Å². The standard InChI is InChI=1S/C26H28N2O5/c1-18-7-4-9-20(15-18)25(29)28-22(17-21-10-6-14-33-21)26(30)27-13-5-8-19-11-12-23(31-2)24(16-19)32-3/h4,6-7,9-12,14-17H,5,8,13H2,1-3H3,(H,27,30)(H,28,29)/b22-17-. The molecule has 1 aromatic heterocycles. The van der Waals surface area contributed by atoms with Crippen molar-refractivity contribution in [3.05, 3.63) is 89.0 Å². The first-order valence-electron chi connectivity index (χ1n) is 10.6. The second-order valence-electron chi connectivity index (χ2n) is 7.45. The molecule has 0 atom stereocenters. The number of ether oxygens (including phenoxy) is 2. The summed E-state index contributed by atoms with van der Waals surface area (Å²) in [5.41, 5.74) is 2.61. The molecule has 0 aliphatic heterocycles. The molecular formula is C26H28N2O5. The van der Waals surface area contributed by atoms with E-state index in [1.807, 2.05) is 31.2 Å². The van der Waals surface area contributed by atoms with Gasteiger partial charge in [0, 0.05) is 18.2 Å². The van der Waals surface area contributed by atoms with Crippen LogP contribution in [0.5, 0.6) is 11.5 Å². The van der Waals surface area contributed by atoms with E-state index in [9.17, 15) is 9.59 Å². The summed E-state index contributed by atoms with van der Waals surface area (Å²) in [6.45, 7) is 2.34. The average Bonchev–Trinajstić information content (AvgIpc) is 3.34. The average molecular weight is 449 g/mol. The third kappa shape index (κ3) is 6.74. The Labute approximate surface area is 193 Å². The minimum atomic E-state index is -0.389. The Morgan fingerprint density at radius 3 is 2.52 bits per heavy atom. The Bertz CT molecular complexity index is 1120. The highest BCUT2D eigenvalue weighted by atomic mass is 16.5. The Morgan fingerprint density at radius 1 is 1.00 bits per heavy atom. The number of hydrogen-bond acceptors (Lipinski definition) is 5. The first-order chi connectivity index (χ1) is 16.0. The fourth-order valence-corrected chi connectivity index (χ4v) is 3.28. The molecule has 0 unspecified atom stereocenters. The van der Waals surface area contributed by atoms with E-state index in [1.165, 1.54) is 12.3 Å². The van der Waals surface area contributed by atoms with E-state index in [4.69, 9.17) is 13.9 Å². The third-order valence-electron chi connectivity index (χ3n) is 4.98. The number of carbonyl (C=O) groups is 2. The maximum Gasteiger partial charge on any atom is 0.267 e. The zero-order chi connectivity index (χ0) is 23.6. The number of rotatable bonds is 10. The predicted octanol–water partition coefficient (Wildman–Crippen LogP) is 4.13. The lowest BCUT2D eigenvalue weighted by Crippen LogP contribution is -2.35. The quantitative estimate of drug-likeness (QED) is 0.360. The smallest absolute Gasteiger partial charge is 0.267 e. The molecule has 0 saturated heterocycles. The molecule has 0 spiro atoms. The van der Waals surface area contributed by atoms with Crippen molar-refractivity contribution in [3.8, 4) is 11.5 Å². The molecule has 0 fully saturated rings. The molecule has 1 heterocycles. The summed E-state index contributed by atoms with van der Waals surface area (Å²) in [6, 6.07) is 16.3. The monoisotopic (exact) mass is 448 g/mol. The highest BCUT2D eigenvalue weighted by Gasteiger charge is 2.15. The molecule has 3 rings (SSSR count). The summed E-state index contributed by atoms with van der Waals surface area (Å²) < 4.78 is 15.9. The highest BCUT2D eigenvalue weighted by molar-refractivity contribution is 6.05. The molecule has 7 nitrogen and oxygen atoms in total. The van der Waals surface area contributed by atoms with Gasteiger partial charge in [0.25, 0.3) is 11.8 Å². The lowest BCUT2D eigenvalue weighted by molar-refractivity contribution is -0.117. The van der Waals surface area contributed by atoms with Crippen LogP contribution in [0.2, 0.25) is 0 Å². The van der Waals surface area contributed by atoms with Gasteiger partial charge >= 0.3 is 0 Å². The SMILES string of the molecule is COc1ccc(CCCNC(=O)/C(=C/c2ccco2)NC(=O)c2cccc(C)c2)cc1OC. The fraction of sp³-hybridized carbons (Fsp3) is 0.231. The van der Waals surface area contributed by atoms with Crippen LogP contribution in [0, 0.1) is 6.92 Å². The summed E-state index contributed by atoms with van der Waals surface area (Å²) in [5.74, 6) is 1.06. The number of amides is 2. The van der Waals surface area contributed by atoms with Gasteiger partial charge in [-0.2, -0.15) is 0 Å². The third-order valence-corrected chi connectivity index (χ3v) is 4.98. The van der Waals surface area contributed by atoms with Gasteiger partial charge in [0.2, 0.25) is 0 Å². The van der Waals surface area contributed by atoms with E-state index in [0.29, 0.717) is 35.8 Å². The van der Waals surface area contributed by atoms with E-state index in [0.717, 1.165) is 17.5 Å². The van der Waals surface area contributed by atoms with Crippen molar-refractivity contribution in [1.82, 2.24) is 10.6 Å². The molecule has 0 aliphatic rings. The number of methoxy groups -OCH3 is 2. The number of furan rings is 1. The molecule has 33 heavy (non-hydrogen) atoms. The van der Waals surface area contributed by atoms with Gasteiger partial charge in [-0.3, -0.25) is 9.59 Å². The number of nitrogens with one attached hydrogen (secondary N) is 2. The van der Waals surface area contributed by atoms with E-state index in [-0.39, 0.29) is 17.5 Å². The molecule has 172 valence electrons. The zero-order valence-electron chi connectivity index (χ0n) is 19.0. The Kier molecular flexibility index (Phi) is 8.30. The van der Waals surface area contributed by atoms with Crippen LogP contribution in [0.3, 0.4) is 0 Å². The lowest BCUT2D eigenvalue weighted by atomic mass is 10.1. The topological polar surface area (TPSA) is 89.8 Å². The van der Waals surface area contributed by atoms with Gasteiger partial charge in [-0.25, -0.2) is 0 Å². The molecule has 7 heteroatoms. The summed E-state index contributed by atoms with van der Waals surface area (Å²) in [4.78, 5) is 25.5. The fourth-order valence-electron chi connectivity index (χ4n) is 3.28. The lowest BCUT2D eigenvalue weighted by Gasteiger charge is -2.12. The highest BCUT2D eigenvalue weighted by Crippen LogP contribution is 2.27. The number of carbonyl (C=O) groups excluding carboxylic acids is 2. The molecule has 2 N–H and O–H groups in total. The summed E-state index contributed by atoms with van der Waals surface area (Å²) in [6.07, 6.45) is 4.47. The van der Waals surface area contributed by atoms with E-state index < -0.39 is 0 Å². The van der Waals surface area contributed by atoms with Crippen LogP contribution < -0.4 is 20.1 Å². The van der Waals surface area contributed by atoms with Gasteiger partial charge in [0.1, 0.15) is 11.5 Å². The summed E-state index contributed by atoms with van der Waals surface area (Å²) in [5, 5.41) is 5.57. The predicted molar refractivity (Wildman–Crippen MR) is 126 cm³/mol. The van der Waals surface area contributed by atoms with Crippen molar-refractivity contribution in [2.45, 2.75) is 19.8 Å². The largest absolute Gasteiger partial charge is 0.493 e. The second kappa shape index (κ2) is 11.6.